The topological polar surface area (TPSA) is 72.7 Å². The average molecular weight is 359 g/mol. The zero-order valence-corrected chi connectivity index (χ0v) is 15.6. The molecule has 0 radical (unpaired) electrons. The Morgan fingerprint density at radius 2 is 2.04 bits per heavy atom. The highest BCUT2D eigenvalue weighted by atomic mass is 32.2. The molecular weight excluding hydrogens is 334 g/mol. The van der Waals surface area contributed by atoms with E-state index in [-0.39, 0.29) is 5.91 Å². The maximum absolute atomic E-state index is 12.4. The Labute approximate surface area is 152 Å². The zero-order valence-electron chi connectivity index (χ0n) is 14.8. The van der Waals surface area contributed by atoms with E-state index < -0.39 is 0 Å². The van der Waals surface area contributed by atoms with Crippen molar-refractivity contribution >= 4 is 23.4 Å². The third-order valence-electron chi connectivity index (χ3n) is 4.57. The van der Waals surface area contributed by atoms with Crippen molar-refractivity contribution in [3.63, 3.8) is 0 Å². The molecule has 0 atom stereocenters. The number of nitrogens with one attached hydrogen (secondary N) is 1. The van der Waals surface area contributed by atoms with Gasteiger partial charge in [-0.2, -0.15) is 0 Å². The molecule has 0 saturated heterocycles. The van der Waals surface area contributed by atoms with Crippen molar-refractivity contribution in [2.45, 2.75) is 63.1 Å². The molecule has 1 aliphatic rings. The Balaban J connectivity index is 1.59. The van der Waals surface area contributed by atoms with Crippen LogP contribution in [-0.2, 0) is 4.79 Å². The molecule has 3 rings (SSSR count). The predicted molar refractivity (Wildman–Crippen MR) is 99.8 cm³/mol. The van der Waals surface area contributed by atoms with Gasteiger partial charge in [0, 0.05) is 5.69 Å². The molecule has 0 bridgehead atoms. The fourth-order valence-corrected chi connectivity index (χ4v) is 4.01. The van der Waals surface area contributed by atoms with Crippen LogP contribution in [0.15, 0.2) is 29.4 Å². The summed E-state index contributed by atoms with van der Waals surface area (Å²) >= 11 is 1.40. The number of hydrogen-bond donors (Lipinski definition) is 1. The summed E-state index contributed by atoms with van der Waals surface area (Å²) in [7, 11) is 0. The van der Waals surface area contributed by atoms with E-state index in [1.807, 2.05) is 22.9 Å². The van der Waals surface area contributed by atoms with Crippen LogP contribution in [0.3, 0.4) is 0 Å². The third kappa shape index (κ3) is 4.60. The van der Waals surface area contributed by atoms with Crippen LogP contribution in [0.1, 0.15) is 63.5 Å². The molecule has 25 heavy (non-hydrogen) atoms. The van der Waals surface area contributed by atoms with Crippen LogP contribution in [-0.4, -0.2) is 31.9 Å². The van der Waals surface area contributed by atoms with Gasteiger partial charge in [0.15, 0.2) is 0 Å². The molecular formula is C18H25N5OS. The molecule has 6 nitrogen and oxygen atoms in total. The van der Waals surface area contributed by atoms with Crippen molar-refractivity contribution in [1.29, 1.82) is 0 Å². The summed E-state index contributed by atoms with van der Waals surface area (Å²) in [6.07, 6.45) is 5.97. The first-order valence-corrected chi connectivity index (χ1v) is 9.93. The van der Waals surface area contributed by atoms with Gasteiger partial charge >= 0.3 is 0 Å². The number of nitrogens with zero attached hydrogens (tertiary/aromatic N) is 4. The molecule has 1 N–H and O–H groups in total. The van der Waals surface area contributed by atoms with Crippen molar-refractivity contribution in [1.82, 2.24) is 20.2 Å². The number of aromatic nitrogens is 4. The number of rotatable bonds is 6. The normalized spacial score (nSPS) is 15.5. The molecule has 1 fully saturated rings. The van der Waals surface area contributed by atoms with E-state index in [9.17, 15) is 4.79 Å². The van der Waals surface area contributed by atoms with Gasteiger partial charge in [-0.3, -0.25) is 4.79 Å². The van der Waals surface area contributed by atoms with Crippen LogP contribution in [0.4, 0.5) is 5.69 Å². The summed E-state index contributed by atoms with van der Waals surface area (Å²) in [4.78, 5) is 12.4. The number of para-hydroxylation sites is 1. The Kier molecular flexibility index (Phi) is 6.07. The van der Waals surface area contributed by atoms with Crippen molar-refractivity contribution in [3.8, 4) is 0 Å². The Morgan fingerprint density at radius 1 is 1.28 bits per heavy atom. The molecule has 1 saturated carbocycles. The second-order valence-electron chi connectivity index (χ2n) is 6.78. The van der Waals surface area contributed by atoms with E-state index >= 15 is 0 Å². The molecule has 2 aromatic rings. The Hall–Kier alpha value is -1.89. The van der Waals surface area contributed by atoms with Gasteiger partial charge in [0.25, 0.3) is 0 Å². The van der Waals surface area contributed by atoms with E-state index in [1.54, 1.807) is 0 Å². The van der Waals surface area contributed by atoms with Crippen LogP contribution in [0.5, 0.6) is 0 Å². The number of amides is 1. The van der Waals surface area contributed by atoms with Crippen LogP contribution < -0.4 is 5.32 Å². The molecule has 134 valence electrons. The van der Waals surface area contributed by atoms with E-state index in [4.69, 9.17) is 0 Å². The number of carbonyl (C=O) groups excluding carboxylic acids is 1. The third-order valence-corrected chi connectivity index (χ3v) is 5.51. The molecule has 1 aromatic carbocycles. The molecule has 1 aromatic heterocycles. The average Bonchev–Trinajstić information content (AvgIpc) is 3.09. The molecule has 0 spiro atoms. The lowest BCUT2D eigenvalue weighted by molar-refractivity contribution is -0.113. The van der Waals surface area contributed by atoms with E-state index in [0.717, 1.165) is 29.2 Å². The fourth-order valence-electron chi connectivity index (χ4n) is 3.27. The van der Waals surface area contributed by atoms with E-state index in [0.29, 0.717) is 17.7 Å². The number of anilines is 1. The van der Waals surface area contributed by atoms with Crippen LogP contribution in [0, 0.1) is 0 Å². The van der Waals surface area contributed by atoms with Crippen LogP contribution in [0.2, 0.25) is 0 Å². The summed E-state index contributed by atoms with van der Waals surface area (Å²) in [5.74, 6) is 0.638. The smallest absolute Gasteiger partial charge is 0.234 e. The maximum atomic E-state index is 12.4. The number of benzene rings is 1. The molecule has 0 unspecified atom stereocenters. The van der Waals surface area contributed by atoms with Crippen molar-refractivity contribution in [2.75, 3.05) is 11.1 Å². The first-order valence-electron chi connectivity index (χ1n) is 8.94. The molecule has 7 heteroatoms. The van der Waals surface area contributed by atoms with E-state index in [2.05, 4.69) is 40.8 Å². The van der Waals surface area contributed by atoms with Gasteiger partial charge in [-0.1, -0.05) is 63.1 Å². The van der Waals surface area contributed by atoms with Gasteiger partial charge in [-0.25, -0.2) is 4.68 Å². The number of hydrogen-bond acceptors (Lipinski definition) is 5. The summed E-state index contributed by atoms with van der Waals surface area (Å²) in [5, 5.41) is 15.8. The standard InChI is InChI=1S/C18H25N5OS/c1-13(2)15-10-6-7-11-16(15)19-17(24)12-25-18-20-21-22-23(18)14-8-4-3-5-9-14/h6-7,10-11,13-14H,3-5,8-9,12H2,1-2H3,(H,19,24). The fraction of sp³-hybridized carbons (Fsp3) is 0.556. The zero-order chi connectivity index (χ0) is 17.6. The van der Waals surface area contributed by atoms with Crippen molar-refractivity contribution in [2.24, 2.45) is 0 Å². The molecule has 1 amide bonds. The van der Waals surface area contributed by atoms with Crippen molar-refractivity contribution in [3.05, 3.63) is 29.8 Å². The summed E-state index contributed by atoms with van der Waals surface area (Å²) in [6, 6.07) is 8.31. The lowest BCUT2D eigenvalue weighted by atomic mass is 9.96. The van der Waals surface area contributed by atoms with Gasteiger partial charge in [0.2, 0.25) is 11.1 Å². The number of tetrazole rings is 1. The molecule has 0 aliphatic heterocycles. The summed E-state index contributed by atoms with van der Waals surface area (Å²) < 4.78 is 1.90. The first kappa shape index (κ1) is 17.9. The second-order valence-corrected chi connectivity index (χ2v) is 7.72. The SMILES string of the molecule is CC(C)c1ccccc1NC(=O)CSc1nnnn1C1CCCCC1. The van der Waals surface area contributed by atoms with Crippen molar-refractivity contribution < 1.29 is 4.79 Å². The molecule has 1 heterocycles. The minimum Gasteiger partial charge on any atom is -0.325 e. The predicted octanol–water partition coefficient (Wildman–Crippen LogP) is 4.03. The summed E-state index contributed by atoms with van der Waals surface area (Å²) in [6.45, 7) is 4.25. The lowest BCUT2D eigenvalue weighted by Gasteiger charge is -2.21. The number of carbonyl (C=O) groups is 1. The highest BCUT2D eigenvalue weighted by Crippen LogP contribution is 2.30. The highest BCUT2D eigenvalue weighted by molar-refractivity contribution is 7.99. The van der Waals surface area contributed by atoms with Gasteiger partial charge in [-0.15, -0.1) is 5.10 Å². The van der Waals surface area contributed by atoms with E-state index in [1.165, 1.54) is 31.0 Å². The first-order chi connectivity index (χ1) is 12.1. The Morgan fingerprint density at radius 3 is 2.80 bits per heavy atom. The number of thioether (sulfide) groups is 1. The van der Waals surface area contributed by atoms with Gasteiger partial charge in [0.1, 0.15) is 0 Å². The van der Waals surface area contributed by atoms with Gasteiger partial charge < -0.3 is 5.32 Å². The summed E-state index contributed by atoms with van der Waals surface area (Å²) in [5.41, 5.74) is 2.03. The van der Waals surface area contributed by atoms with Crippen LogP contribution >= 0.6 is 11.8 Å². The Bertz CT molecular complexity index is 709. The maximum Gasteiger partial charge on any atom is 0.234 e. The van der Waals surface area contributed by atoms with Gasteiger partial charge in [0.05, 0.1) is 11.8 Å². The van der Waals surface area contributed by atoms with Crippen LogP contribution in [0.25, 0.3) is 0 Å². The molecule has 1 aliphatic carbocycles. The minimum atomic E-state index is -0.0312. The highest BCUT2D eigenvalue weighted by Gasteiger charge is 2.21. The lowest BCUT2D eigenvalue weighted by Crippen LogP contribution is -2.18. The minimum absolute atomic E-state index is 0.0312. The largest absolute Gasteiger partial charge is 0.325 e. The monoisotopic (exact) mass is 359 g/mol. The second kappa shape index (κ2) is 8.47. The quantitative estimate of drug-likeness (QED) is 0.788. The van der Waals surface area contributed by atoms with Gasteiger partial charge in [-0.05, 0) is 40.8 Å².